The summed E-state index contributed by atoms with van der Waals surface area (Å²) >= 11 is 0. The zero-order valence-electron chi connectivity index (χ0n) is 20.3. The van der Waals surface area contributed by atoms with Crippen LogP contribution in [0.3, 0.4) is 0 Å². The summed E-state index contributed by atoms with van der Waals surface area (Å²) in [6, 6.07) is 13.6. The molecule has 1 amide bonds. The van der Waals surface area contributed by atoms with Crippen molar-refractivity contribution >= 4 is 22.9 Å². The molecule has 9 heteroatoms. The highest BCUT2D eigenvalue weighted by Gasteiger charge is 2.42. The van der Waals surface area contributed by atoms with Crippen molar-refractivity contribution in [1.29, 1.82) is 0 Å². The molecule has 5 heterocycles. The Kier molecular flexibility index (Phi) is 6.18. The van der Waals surface area contributed by atoms with Gasteiger partial charge in [-0.15, -0.1) is 0 Å². The van der Waals surface area contributed by atoms with Gasteiger partial charge in [-0.3, -0.25) is 14.2 Å². The van der Waals surface area contributed by atoms with E-state index in [1.165, 1.54) is 0 Å². The highest BCUT2D eigenvalue weighted by molar-refractivity contribution is 5.80. The molecule has 3 aromatic rings. The number of nitrogens with zero attached hydrogens (tertiary/aromatic N) is 5. The number of likely N-dealkylation sites (tertiary alicyclic amines) is 1. The standard InChI is InChI=1S/C27H31N5O4/c33-25(30-14-10-27(11-15-30)35-16-17-36-27)21-8-5-13-31(19-21)24-26(34)32(18-20-6-2-1-3-7-20)23-22(29-24)9-4-12-28-23/h1-4,6-7,9,12,21H,5,8,10-11,13-19H2/t21-/m1/s1. The number of rotatable bonds is 4. The fourth-order valence-electron chi connectivity index (χ4n) is 5.66. The molecule has 36 heavy (non-hydrogen) atoms. The number of carbonyl (C=O) groups excluding carboxylic acids is 1. The Morgan fingerprint density at radius 2 is 1.81 bits per heavy atom. The molecule has 3 aliphatic heterocycles. The predicted molar refractivity (Wildman–Crippen MR) is 135 cm³/mol. The third-order valence-electron chi connectivity index (χ3n) is 7.59. The van der Waals surface area contributed by atoms with Gasteiger partial charge in [0.25, 0.3) is 5.56 Å². The minimum absolute atomic E-state index is 0.152. The van der Waals surface area contributed by atoms with Crippen LogP contribution in [0.5, 0.6) is 0 Å². The fraction of sp³-hybridized carbons (Fsp3) is 0.481. The molecule has 0 N–H and O–H groups in total. The summed E-state index contributed by atoms with van der Waals surface area (Å²) in [5.74, 6) is -0.108. The predicted octanol–water partition coefficient (Wildman–Crippen LogP) is 2.42. The molecule has 188 valence electrons. The number of anilines is 1. The third kappa shape index (κ3) is 4.37. The van der Waals surface area contributed by atoms with Gasteiger partial charge in [0, 0.05) is 45.2 Å². The Balaban J connectivity index is 1.24. The zero-order chi connectivity index (χ0) is 24.5. The maximum absolute atomic E-state index is 13.7. The van der Waals surface area contributed by atoms with Crippen molar-refractivity contribution in [3.63, 3.8) is 0 Å². The van der Waals surface area contributed by atoms with Gasteiger partial charge in [0.1, 0.15) is 5.52 Å². The molecule has 0 saturated carbocycles. The van der Waals surface area contributed by atoms with E-state index in [4.69, 9.17) is 14.5 Å². The van der Waals surface area contributed by atoms with Gasteiger partial charge in [-0.05, 0) is 30.5 Å². The monoisotopic (exact) mass is 489 g/mol. The number of hydrogen-bond donors (Lipinski definition) is 0. The molecule has 3 saturated heterocycles. The van der Waals surface area contributed by atoms with E-state index in [1.807, 2.05) is 52.3 Å². The average Bonchev–Trinajstić information content (AvgIpc) is 3.38. The van der Waals surface area contributed by atoms with Crippen molar-refractivity contribution in [2.75, 3.05) is 44.3 Å². The van der Waals surface area contributed by atoms with E-state index in [2.05, 4.69) is 4.98 Å². The van der Waals surface area contributed by atoms with Gasteiger partial charge in [0.05, 0.1) is 25.7 Å². The summed E-state index contributed by atoms with van der Waals surface area (Å²) in [7, 11) is 0. The van der Waals surface area contributed by atoms with E-state index in [1.54, 1.807) is 10.8 Å². The molecule has 3 aliphatic rings. The summed E-state index contributed by atoms with van der Waals surface area (Å²) < 4.78 is 13.3. The number of ether oxygens (including phenoxy) is 2. The quantitative estimate of drug-likeness (QED) is 0.556. The summed E-state index contributed by atoms with van der Waals surface area (Å²) in [5, 5.41) is 0. The van der Waals surface area contributed by atoms with Crippen LogP contribution in [0.4, 0.5) is 5.82 Å². The summed E-state index contributed by atoms with van der Waals surface area (Å²) in [6.07, 6.45) is 4.75. The molecule has 1 atom stereocenters. The van der Waals surface area contributed by atoms with E-state index in [0.717, 1.165) is 18.4 Å². The van der Waals surface area contributed by atoms with Gasteiger partial charge < -0.3 is 19.3 Å². The van der Waals surface area contributed by atoms with E-state index in [-0.39, 0.29) is 17.4 Å². The smallest absolute Gasteiger partial charge is 0.295 e. The zero-order valence-corrected chi connectivity index (χ0v) is 20.3. The molecule has 0 bridgehead atoms. The topological polar surface area (TPSA) is 89.8 Å². The lowest BCUT2D eigenvalue weighted by Gasteiger charge is -2.40. The Hall–Kier alpha value is -3.30. The number of aromatic nitrogens is 3. The molecule has 2 aromatic heterocycles. The first-order valence-corrected chi connectivity index (χ1v) is 12.8. The van der Waals surface area contributed by atoms with Gasteiger partial charge in [0.15, 0.2) is 17.3 Å². The molecule has 0 unspecified atom stereocenters. The first-order chi connectivity index (χ1) is 17.6. The summed E-state index contributed by atoms with van der Waals surface area (Å²) in [6.45, 7) is 4.14. The van der Waals surface area contributed by atoms with E-state index in [0.29, 0.717) is 75.8 Å². The summed E-state index contributed by atoms with van der Waals surface area (Å²) in [5.41, 5.74) is 2.09. The Labute approximate surface area is 209 Å². The first-order valence-electron chi connectivity index (χ1n) is 12.8. The largest absolute Gasteiger partial charge is 0.351 e. The second-order valence-corrected chi connectivity index (χ2v) is 9.88. The van der Waals surface area contributed by atoms with E-state index in [9.17, 15) is 9.59 Å². The number of amides is 1. The molecule has 9 nitrogen and oxygen atoms in total. The van der Waals surface area contributed by atoms with Crippen LogP contribution in [0.1, 0.15) is 31.2 Å². The number of piperidine rings is 2. The van der Waals surface area contributed by atoms with E-state index < -0.39 is 5.79 Å². The average molecular weight is 490 g/mol. The maximum atomic E-state index is 13.7. The van der Waals surface area contributed by atoms with Crippen molar-refractivity contribution < 1.29 is 14.3 Å². The molecular weight excluding hydrogens is 458 g/mol. The minimum Gasteiger partial charge on any atom is -0.351 e. The SMILES string of the molecule is O=C([C@@H]1CCCN(c2nc3cccnc3n(Cc3ccccc3)c2=O)C1)N1CCC2(CC1)OCCO2. The van der Waals surface area contributed by atoms with Crippen LogP contribution in [0.25, 0.3) is 11.2 Å². The molecule has 3 fully saturated rings. The van der Waals surface area contributed by atoms with Crippen molar-refractivity contribution in [3.05, 3.63) is 64.6 Å². The lowest BCUT2D eigenvalue weighted by atomic mass is 9.94. The van der Waals surface area contributed by atoms with Crippen LogP contribution in [0.2, 0.25) is 0 Å². The highest BCUT2D eigenvalue weighted by atomic mass is 16.7. The Bertz CT molecular complexity index is 1290. The van der Waals surface area contributed by atoms with Crippen LogP contribution in [0.15, 0.2) is 53.5 Å². The van der Waals surface area contributed by atoms with Crippen LogP contribution in [0, 0.1) is 5.92 Å². The van der Waals surface area contributed by atoms with Gasteiger partial charge in [-0.2, -0.15) is 0 Å². The first kappa shape index (κ1) is 23.1. The third-order valence-corrected chi connectivity index (χ3v) is 7.59. The molecule has 1 spiro atoms. The van der Waals surface area contributed by atoms with Crippen LogP contribution < -0.4 is 10.5 Å². The fourth-order valence-corrected chi connectivity index (χ4v) is 5.66. The number of hydrogen-bond acceptors (Lipinski definition) is 7. The van der Waals surface area contributed by atoms with E-state index >= 15 is 0 Å². The normalized spacial score (nSPS) is 21.8. The molecule has 0 radical (unpaired) electrons. The van der Waals surface area contributed by atoms with Crippen molar-refractivity contribution in [2.24, 2.45) is 5.92 Å². The van der Waals surface area contributed by atoms with Crippen LogP contribution >= 0.6 is 0 Å². The van der Waals surface area contributed by atoms with Crippen molar-refractivity contribution in [1.82, 2.24) is 19.4 Å². The second kappa shape index (κ2) is 9.63. The van der Waals surface area contributed by atoms with Gasteiger partial charge in [-0.25, -0.2) is 9.97 Å². The lowest BCUT2D eigenvalue weighted by molar-refractivity contribution is -0.188. The van der Waals surface area contributed by atoms with Gasteiger partial charge >= 0.3 is 0 Å². The molecular formula is C27H31N5O4. The van der Waals surface area contributed by atoms with Crippen molar-refractivity contribution in [2.45, 2.75) is 38.0 Å². The highest BCUT2D eigenvalue weighted by Crippen LogP contribution is 2.32. The van der Waals surface area contributed by atoms with Gasteiger partial charge in [0.2, 0.25) is 5.91 Å². The lowest BCUT2D eigenvalue weighted by Crippen LogP contribution is -2.51. The summed E-state index contributed by atoms with van der Waals surface area (Å²) in [4.78, 5) is 40.3. The van der Waals surface area contributed by atoms with Gasteiger partial charge in [-0.1, -0.05) is 30.3 Å². The number of carbonyl (C=O) groups is 1. The Morgan fingerprint density at radius 1 is 1.03 bits per heavy atom. The molecule has 0 aliphatic carbocycles. The number of pyridine rings is 1. The van der Waals surface area contributed by atoms with Crippen LogP contribution in [-0.4, -0.2) is 70.5 Å². The second-order valence-electron chi connectivity index (χ2n) is 9.88. The van der Waals surface area contributed by atoms with Crippen LogP contribution in [-0.2, 0) is 20.8 Å². The van der Waals surface area contributed by atoms with Crippen molar-refractivity contribution in [3.8, 4) is 0 Å². The molecule has 1 aromatic carbocycles. The number of benzene rings is 1. The molecule has 6 rings (SSSR count). The number of fused-ring (bicyclic) bond motifs is 1. The Morgan fingerprint density at radius 3 is 2.58 bits per heavy atom. The minimum atomic E-state index is -0.498. The maximum Gasteiger partial charge on any atom is 0.295 e.